The average molecular weight is 234 g/mol. The first kappa shape index (κ1) is 11.1. The Morgan fingerprint density at radius 2 is 2.06 bits per heavy atom. The molecule has 2 aromatic rings. The van der Waals surface area contributed by atoms with E-state index in [9.17, 15) is 9.59 Å². The minimum atomic E-state index is -1.10. The Morgan fingerprint density at radius 3 is 2.59 bits per heavy atom. The smallest absolute Gasteiger partial charge is 0.368 e. The summed E-state index contributed by atoms with van der Waals surface area (Å²) in [6.45, 7) is 1.66. The Hall–Kier alpha value is -2.44. The highest BCUT2D eigenvalue weighted by atomic mass is 16.4. The number of tetrazole rings is 1. The van der Waals surface area contributed by atoms with Gasteiger partial charge in [-0.3, -0.25) is 0 Å². The van der Waals surface area contributed by atoms with Crippen molar-refractivity contribution in [2.24, 2.45) is 7.05 Å². The quantitative estimate of drug-likeness (QED) is 0.788. The SMILES string of the molecule is Cc1cccc(-n2nnn(C)c2=O)c1C(=O)O. The van der Waals surface area contributed by atoms with E-state index in [4.69, 9.17) is 5.11 Å². The van der Waals surface area contributed by atoms with E-state index in [1.807, 2.05) is 0 Å². The van der Waals surface area contributed by atoms with Gasteiger partial charge in [0.2, 0.25) is 0 Å². The molecule has 0 spiro atoms. The van der Waals surface area contributed by atoms with Crippen LogP contribution in [-0.4, -0.2) is 30.9 Å². The molecule has 7 heteroatoms. The van der Waals surface area contributed by atoms with E-state index in [-0.39, 0.29) is 11.3 Å². The minimum absolute atomic E-state index is 0.0510. The molecule has 0 aliphatic heterocycles. The fraction of sp³-hybridized carbons (Fsp3) is 0.200. The first-order chi connectivity index (χ1) is 8.02. The van der Waals surface area contributed by atoms with Gasteiger partial charge in [0, 0.05) is 7.05 Å². The predicted octanol–water partition coefficient (Wildman–Crippen LogP) is -0.0274. The Bertz CT molecular complexity index is 641. The van der Waals surface area contributed by atoms with Gasteiger partial charge in [-0.15, -0.1) is 0 Å². The van der Waals surface area contributed by atoms with Crippen LogP contribution in [0.25, 0.3) is 5.69 Å². The van der Waals surface area contributed by atoms with Crippen LogP contribution in [0.3, 0.4) is 0 Å². The minimum Gasteiger partial charge on any atom is -0.478 e. The fourth-order valence-corrected chi connectivity index (χ4v) is 1.57. The molecule has 1 aromatic heterocycles. The largest absolute Gasteiger partial charge is 0.478 e. The number of carboxylic acids is 1. The normalized spacial score (nSPS) is 10.5. The third kappa shape index (κ3) is 1.71. The fourth-order valence-electron chi connectivity index (χ4n) is 1.57. The molecule has 7 nitrogen and oxygen atoms in total. The summed E-state index contributed by atoms with van der Waals surface area (Å²) in [6, 6.07) is 4.85. The number of aryl methyl sites for hydroxylation is 2. The molecule has 17 heavy (non-hydrogen) atoms. The van der Waals surface area contributed by atoms with Gasteiger partial charge < -0.3 is 5.11 Å². The molecule has 0 aliphatic carbocycles. The lowest BCUT2D eigenvalue weighted by Gasteiger charge is -2.06. The number of aromatic carboxylic acids is 1. The molecule has 0 saturated heterocycles. The zero-order valence-corrected chi connectivity index (χ0v) is 9.28. The Balaban J connectivity index is 2.76. The van der Waals surface area contributed by atoms with Crippen LogP contribution in [0.5, 0.6) is 0 Å². The van der Waals surface area contributed by atoms with E-state index < -0.39 is 11.7 Å². The van der Waals surface area contributed by atoms with E-state index >= 15 is 0 Å². The van der Waals surface area contributed by atoms with E-state index in [2.05, 4.69) is 10.4 Å². The van der Waals surface area contributed by atoms with Crippen LogP contribution in [0, 0.1) is 6.92 Å². The van der Waals surface area contributed by atoms with Gasteiger partial charge in [0.05, 0.1) is 11.3 Å². The molecule has 0 amide bonds. The number of carbonyl (C=O) groups is 1. The Labute approximate surface area is 95.9 Å². The molecule has 0 atom stereocenters. The zero-order valence-electron chi connectivity index (χ0n) is 9.28. The first-order valence-electron chi connectivity index (χ1n) is 4.84. The molecule has 0 bridgehead atoms. The highest BCUT2D eigenvalue weighted by Gasteiger charge is 2.17. The van der Waals surface area contributed by atoms with Crippen molar-refractivity contribution < 1.29 is 9.90 Å². The second-order valence-electron chi connectivity index (χ2n) is 3.57. The van der Waals surface area contributed by atoms with Crippen LogP contribution in [0.15, 0.2) is 23.0 Å². The molecule has 88 valence electrons. The van der Waals surface area contributed by atoms with Gasteiger partial charge in [0.15, 0.2) is 0 Å². The average Bonchev–Trinajstić information content (AvgIpc) is 2.59. The lowest BCUT2D eigenvalue weighted by atomic mass is 10.1. The summed E-state index contributed by atoms with van der Waals surface area (Å²) < 4.78 is 2.00. The molecular weight excluding hydrogens is 224 g/mol. The summed E-state index contributed by atoms with van der Waals surface area (Å²) in [7, 11) is 1.45. The van der Waals surface area contributed by atoms with Crippen molar-refractivity contribution in [1.29, 1.82) is 0 Å². The third-order valence-electron chi connectivity index (χ3n) is 2.41. The highest BCUT2D eigenvalue weighted by Crippen LogP contribution is 2.16. The van der Waals surface area contributed by atoms with E-state index in [1.165, 1.54) is 13.1 Å². The van der Waals surface area contributed by atoms with Crippen LogP contribution in [0.2, 0.25) is 0 Å². The molecule has 0 saturated carbocycles. The molecule has 1 heterocycles. The Kier molecular flexibility index (Phi) is 2.51. The number of benzene rings is 1. The molecule has 0 fully saturated rings. The standard InChI is InChI=1S/C10H10N4O3/c1-6-4-3-5-7(8(6)9(15)16)14-10(17)13(2)11-12-14/h3-5H,1-2H3,(H,15,16). The summed E-state index contributed by atoms with van der Waals surface area (Å²) in [4.78, 5) is 22.8. The van der Waals surface area contributed by atoms with E-state index in [1.54, 1.807) is 19.1 Å². The summed E-state index contributed by atoms with van der Waals surface area (Å²) in [6.07, 6.45) is 0. The van der Waals surface area contributed by atoms with Crippen LogP contribution < -0.4 is 5.69 Å². The number of aromatic nitrogens is 4. The number of rotatable bonds is 2. The third-order valence-corrected chi connectivity index (χ3v) is 2.41. The topological polar surface area (TPSA) is 90.0 Å². The van der Waals surface area contributed by atoms with Crippen LogP contribution in [0.1, 0.15) is 15.9 Å². The van der Waals surface area contributed by atoms with Crippen molar-refractivity contribution in [2.45, 2.75) is 6.92 Å². The lowest BCUT2D eigenvalue weighted by molar-refractivity contribution is 0.0696. The molecular formula is C10H10N4O3. The van der Waals surface area contributed by atoms with E-state index in [0.717, 1.165) is 9.36 Å². The molecule has 1 aromatic carbocycles. The lowest BCUT2D eigenvalue weighted by Crippen LogP contribution is -2.23. The second-order valence-corrected chi connectivity index (χ2v) is 3.57. The van der Waals surface area contributed by atoms with Crippen molar-refractivity contribution in [3.63, 3.8) is 0 Å². The van der Waals surface area contributed by atoms with Gasteiger partial charge in [0.1, 0.15) is 0 Å². The monoisotopic (exact) mass is 234 g/mol. The summed E-state index contributed by atoms with van der Waals surface area (Å²) in [5.41, 5.74) is 0.344. The summed E-state index contributed by atoms with van der Waals surface area (Å²) in [5.74, 6) is -1.10. The number of carboxylic acid groups (broad SMARTS) is 1. The second kappa shape index (κ2) is 3.85. The van der Waals surface area contributed by atoms with Gasteiger partial charge in [0.25, 0.3) is 0 Å². The van der Waals surface area contributed by atoms with Crippen molar-refractivity contribution >= 4 is 5.97 Å². The maximum Gasteiger partial charge on any atom is 0.368 e. The first-order valence-corrected chi connectivity index (χ1v) is 4.84. The number of nitrogens with zero attached hydrogens (tertiary/aromatic N) is 4. The molecule has 2 rings (SSSR count). The molecule has 0 aliphatic rings. The highest BCUT2D eigenvalue weighted by molar-refractivity contribution is 5.93. The van der Waals surface area contributed by atoms with Crippen LogP contribution in [-0.2, 0) is 7.05 Å². The van der Waals surface area contributed by atoms with Crippen molar-refractivity contribution in [3.8, 4) is 5.69 Å². The van der Waals surface area contributed by atoms with Crippen LogP contribution >= 0.6 is 0 Å². The van der Waals surface area contributed by atoms with Gasteiger partial charge in [-0.2, -0.15) is 9.36 Å². The number of hydrogen-bond donors (Lipinski definition) is 1. The van der Waals surface area contributed by atoms with Crippen molar-refractivity contribution in [3.05, 3.63) is 39.8 Å². The summed E-state index contributed by atoms with van der Waals surface area (Å²) in [5, 5.41) is 16.3. The molecule has 0 unspecified atom stereocenters. The van der Waals surface area contributed by atoms with Gasteiger partial charge >= 0.3 is 11.7 Å². The van der Waals surface area contributed by atoms with Crippen LogP contribution in [0.4, 0.5) is 0 Å². The molecule has 0 radical (unpaired) electrons. The Morgan fingerprint density at radius 1 is 1.35 bits per heavy atom. The number of hydrogen-bond acceptors (Lipinski definition) is 4. The van der Waals surface area contributed by atoms with Gasteiger partial charge in [-0.1, -0.05) is 12.1 Å². The zero-order chi connectivity index (χ0) is 12.6. The van der Waals surface area contributed by atoms with Crippen molar-refractivity contribution in [2.75, 3.05) is 0 Å². The predicted molar refractivity (Wildman–Crippen MR) is 58.3 cm³/mol. The van der Waals surface area contributed by atoms with Gasteiger partial charge in [-0.05, 0) is 29.0 Å². The van der Waals surface area contributed by atoms with Gasteiger partial charge in [-0.25, -0.2) is 9.59 Å². The molecule has 1 N–H and O–H groups in total. The van der Waals surface area contributed by atoms with Crippen molar-refractivity contribution in [1.82, 2.24) is 19.8 Å². The maximum absolute atomic E-state index is 11.7. The van der Waals surface area contributed by atoms with E-state index in [0.29, 0.717) is 5.56 Å². The summed E-state index contributed by atoms with van der Waals surface area (Å²) >= 11 is 0. The maximum atomic E-state index is 11.7.